The Bertz CT molecular complexity index is 1910. The normalized spacial score (nSPS) is 11.0. The molecule has 5 rings (SSSR count). The van der Waals surface area contributed by atoms with Crippen LogP contribution in [0.2, 0.25) is 0 Å². The molecule has 0 saturated heterocycles. The number of phenols is 1. The van der Waals surface area contributed by atoms with E-state index in [1.807, 2.05) is 35.7 Å². The number of anilines is 2. The molecule has 0 aliphatic carbocycles. The largest absolute Gasteiger partial charge is 0.508 e. The fourth-order valence-electron chi connectivity index (χ4n) is 4.31. The summed E-state index contributed by atoms with van der Waals surface area (Å²) in [4.78, 5) is 44.5. The Kier molecular flexibility index (Phi) is 10.9. The van der Waals surface area contributed by atoms with Gasteiger partial charge in [0, 0.05) is 38.7 Å². The number of thioether (sulfide) groups is 1. The van der Waals surface area contributed by atoms with Crippen LogP contribution in [-0.2, 0) is 9.59 Å². The van der Waals surface area contributed by atoms with Crippen molar-refractivity contribution in [1.29, 1.82) is 0 Å². The molecule has 1 aromatic heterocycles. The maximum Gasteiger partial charge on any atom is 0.272 e. The first kappa shape index (κ1) is 32.8. The highest BCUT2D eigenvalue weighted by Gasteiger charge is 2.17. The molecule has 0 saturated carbocycles. The second kappa shape index (κ2) is 15.6. The second-order valence-electron chi connectivity index (χ2n) is 9.89. The minimum atomic E-state index is -0.583. The van der Waals surface area contributed by atoms with Crippen LogP contribution in [0.5, 0.6) is 17.2 Å². The van der Waals surface area contributed by atoms with E-state index in [-0.39, 0.29) is 23.1 Å². The average Bonchev–Trinajstić information content (AvgIpc) is 3.56. The Morgan fingerprint density at radius 1 is 0.894 bits per heavy atom. The summed E-state index contributed by atoms with van der Waals surface area (Å²) in [7, 11) is 3.05. The predicted molar refractivity (Wildman–Crippen MR) is 185 cm³/mol. The van der Waals surface area contributed by atoms with Crippen molar-refractivity contribution in [3.05, 3.63) is 119 Å². The van der Waals surface area contributed by atoms with Crippen LogP contribution in [0.3, 0.4) is 0 Å². The van der Waals surface area contributed by atoms with Gasteiger partial charge < -0.3 is 30.5 Å². The Morgan fingerprint density at radius 3 is 2.43 bits per heavy atom. The molecule has 12 heteroatoms. The van der Waals surface area contributed by atoms with Crippen molar-refractivity contribution in [3.63, 3.8) is 0 Å². The van der Waals surface area contributed by atoms with Gasteiger partial charge in [-0.05, 0) is 72.8 Å². The van der Waals surface area contributed by atoms with Gasteiger partial charge in [-0.3, -0.25) is 14.4 Å². The molecule has 0 aliphatic heterocycles. The minimum absolute atomic E-state index is 0.00807. The molecule has 0 unspecified atom stereocenters. The van der Waals surface area contributed by atoms with Gasteiger partial charge in [-0.15, -0.1) is 23.1 Å². The number of aromatic nitrogens is 1. The highest BCUT2D eigenvalue weighted by atomic mass is 32.2. The van der Waals surface area contributed by atoms with Crippen molar-refractivity contribution >= 4 is 57.7 Å². The number of carbonyl (C=O) groups is 3. The molecule has 10 nitrogen and oxygen atoms in total. The van der Waals surface area contributed by atoms with E-state index >= 15 is 0 Å². The molecule has 4 N–H and O–H groups in total. The lowest BCUT2D eigenvalue weighted by Crippen LogP contribution is -2.30. The maximum absolute atomic E-state index is 13.5. The third-order valence-electron chi connectivity index (χ3n) is 6.64. The molecular weight excluding hydrogens is 637 g/mol. The van der Waals surface area contributed by atoms with Gasteiger partial charge in [0.25, 0.3) is 11.8 Å². The standard InChI is InChI=1S/C35H30N4O6S2/c1-44-27-15-12-22(13-16-27)30-20-47-35(38-30)39-32(41)21-46-28-10-6-9-25(18-28)36-34(43)29(37-33(42)23-7-4-3-5-8-23)17-24-11-14-26(40)19-31(24)45-2/h3-20,40H,21H2,1-2H3,(H,36,43)(H,37,42)(H,38,39,41)/b29-17+. The van der Waals surface area contributed by atoms with E-state index in [0.717, 1.165) is 21.9 Å². The molecule has 0 bridgehead atoms. The van der Waals surface area contributed by atoms with Crippen LogP contribution in [-0.4, -0.2) is 47.8 Å². The monoisotopic (exact) mass is 666 g/mol. The number of thiazole rings is 1. The number of hydrogen-bond donors (Lipinski definition) is 4. The van der Waals surface area contributed by atoms with Gasteiger partial charge in [-0.2, -0.15) is 0 Å². The summed E-state index contributed by atoms with van der Waals surface area (Å²) in [6.45, 7) is 0. The summed E-state index contributed by atoms with van der Waals surface area (Å²) in [5.74, 6) is -0.108. The lowest BCUT2D eigenvalue weighted by atomic mass is 10.1. The van der Waals surface area contributed by atoms with Gasteiger partial charge in [-0.1, -0.05) is 24.3 Å². The summed E-state index contributed by atoms with van der Waals surface area (Å²) in [6, 6.07) is 27.5. The third-order valence-corrected chi connectivity index (χ3v) is 8.40. The Morgan fingerprint density at radius 2 is 1.68 bits per heavy atom. The SMILES string of the molecule is COc1ccc(-c2csc(NC(=O)CSc3cccc(NC(=O)/C(=C\c4ccc(O)cc4OC)NC(=O)c4ccccc4)c3)n2)cc1. The number of benzene rings is 4. The summed E-state index contributed by atoms with van der Waals surface area (Å²) in [5, 5.41) is 20.6. The molecule has 0 atom stereocenters. The molecule has 5 aromatic rings. The quantitative estimate of drug-likeness (QED) is 0.0856. The first-order valence-electron chi connectivity index (χ1n) is 14.2. The maximum atomic E-state index is 13.5. The number of rotatable bonds is 12. The molecule has 0 radical (unpaired) electrons. The van der Waals surface area contributed by atoms with E-state index < -0.39 is 11.8 Å². The van der Waals surface area contributed by atoms with E-state index in [4.69, 9.17) is 9.47 Å². The Hall–Kier alpha value is -5.59. The summed E-state index contributed by atoms with van der Waals surface area (Å²) in [6.07, 6.45) is 1.47. The summed E-state index contributed by atoms with van der Waals surface area (Å²) < 4.78 is 10.5. The third kappa shape index (κ3) is 9.00. The van der Waals surface area contributed by atoms with Gasteiger partial charge >= 0.3 is 0 Å². The number of ether oxygens (including phenoxy) is 2. The minimum Gasteiger partial charge on any atom is -0.508 e. The van der Waals surface area contributed by atoms with Gasteiger partial charge in [0.1, 0.15) is 22.9 Å². The zero-order valence-corrected chi connectivity index (χ0v) is 27.0. The Balaban J connectivity index is 1.24. The highest BCUT2D eigenvalue weighted by Crippen LogP contribution is 2.28. The number of methoxy groups -OCH3 is 2. The predicted octanol–water partition coefficient (Wildman–Crippen LogP) is 6.67. The summed E-state index contributed by atoms with van der Waals surface area (Å²) in [5.41, 5.74) is 2.92. The van der Waals surface area contributed by atoms with E-state index in [1.54, 1.807) is 61.7 Å². The number of nitrogens with one attached hydrogen (secondary N) is 3. The van der Waals surface area contributed by atoms with E-state index in [9.17, 15) is 19.5 Å². The lowest BCUT2D eigenvalue weighted by Gasteiger charge is -2.13. The van der Waals surface area contributed by atoms with Crippen molar-refractivity contribution in [2.45, 2.75) is 4.90 Å². The van der Waals surface area contributed by atoms with Crippen LogP contribution in [0.1, 0.15) is 15.9 Å². The molecule has 4 aromatic carbocycles. The van der Waals surface area contributed by atoms with Crippen molar-refractivity contribution < 1.29 is 29.0 Å². The average molecular weight is 667 g/mol. The van der Waals surface area contributed by atoms with Crippen LogP contribution in [0.25, 0.3) is 17.3 Å². The highest BCUT2D eigenvalue weighted by molar-refractivity contribution is 8.00. The zero-order valence-electron chi connectivity index (χ0n) is 25.4. The topological polar surface area (TPSA) is 139 Å². The van der Waals surface area contributed by atoms with Crippen LogP contribution < -0.4 is 25.4 Å². The molecule has 3 amide bonds. The fourth-order valence-corrected chi connectivity index (χ4v) is 5.80. The van der Waals surface area contributed by atoms with E-state index in [2.05, 4.69) is 20.9 Å². The molecule has 0 spiro atoms. The van der Waals surface area contributed by atoms with Crippen molar-refractivity contribution in [3.8, 4) is 28.5 Å². The number of carbonyl (C=O) groups excluding carboxylic acids is 3. The zero-order chi connectivity index (χ0) is 33.2. The molecule has 0 aliphatic rings. The second-order valence-corrected chi connectivity index (χ2v) is 11.8. The van der Waals surface area contributed by atoms with Crippen LogP contribution in [0.4, 0.5) is 10.8 Å². The van der Waals surface area contributed by atoms with E-state index in [1.165, 1.54) is 48.4 Å². The molecule has 47 heavy (non-hydrogen) atoms. The van der Waals surface area contributed by atoms with Crippen LogP contribution in [0.15, 0.2) is 113 Å². The first-order valence-corrected chi connectivity index (χ1v) is 16.1. The number of hydrogen-bond acceptors (Lipinski definition) is 9. The number of aromatic hydroxyl groups is 1. The molecule has 238 valence electrons. The van der Waals surface area contributed by atoms with Crippen molar-refractivity contribution in [1.82, 2.24) is 10.3 Å². The number of nitrogens with zero attached hydrogens (tertiary/aromatic N) is 1. The first-order chi connectivity index (χ1) is 22.8. The van der Waals surface area contributed by atoms with Crippen LogP contribution in [0, 0.1) is 0 Å². The smallest absolute Gasteiger partial charge is 0.272 e. The van der Waals surface area contributed by atoms with Gasteiger partial charge in [0.15, 0.2) is 5.13 Å². The van der Waals surface area contributed by atoms with Gasteiger partial charge in [-0.25, -0.2) is 4.98 Å². The van der Waals surface area contributed by atoms with Gasteiger partial charge in [0.05, 0.1) is 25.7 Å². The fraction of sp³-hybridized carbons (Fsp3) is 0.0857. The van der Waals surface area contributed by atoms with Crippen molar-refractivity contribution in [2.24, 2.45) is 0 Å². The van der Waals surface area contributed by atoms with E-state index in [0.29, 0.717) is 27.7 Å². The molecule has 0 fully saturated rings. The number of amides is 3. The van der Waals surface area contributed by atoms with Crippen molar-refractivity contribution in [2.75, 3.05) is 30.6 Å². The molecule has 1 heterocycles. The van der Waals surface area contributed by atoms with Crippen LogP contribution >= 0.6 is 23.1 Å². The lowest BCUT2D eigenvalue weighted by molar-refractivity contribution is -0.114. The Labute approximate surface area is 279 Å². The summed E-state index contributed by atoms with van der Waals surface area (Å²) >= 11 is 2.63. The number of phenolic OH excluding ortho intramolecular Hbond substituents is 1. The van der Waals surface area contributed by atoms with Gasteiger partial charge in [0.2, 0.25) is 5.91 Å². The molecular formula is C35H30N4O6S2.